The maximum atomic E-state index is 13.9. The lowest BCUT2D eigenvalue weighted by Gasteiger charge is -2.10. The standard InChI is InChI=1S/C23H17FN2O5/c1-13-8-17-19(30-12-15-4-2-3-5-18(15)24)9-16(10-20(17)31-13)22(27)26-21-7-6-14(11-25-21)23(28)29/h2-11H,12H2,1H3,(H,28,29)(H,25,26,27). The van der Waals surface area contributed by atoms with Crippen molar-refractivity contribution >= 4 is 28.7 Å². The van der Waals surface area contributed by atoms with Crippen LogP contribution in [0.1, 0.15) is 32.0 Å². The molecule has 2 heterocycles. The number of carbonyl (C=O) groups is 2. The molecule has 0 saturated heterocycles. The van der Waals surface area contributed by atoms with E-state index in [1.165, 1.54) is 18.2 Å². The van der Waals surface area contributed by atoms with Gasteiger partial charge in [-0.3, -0.25) is 4.79 Å². The Kier molecular flexibility index (Phi) is 5.36. The molecule has 0 aliphatic rings. The summed E-state index contributed by atoms with van der Waals surface area (Å²) < 4.78 is 25.4. The SMILES string of the molecule is Cc1cc2c(OCc3ccccc3F)cc(C(=O)Nc3ccc(C(=O)O)cn3)cc2o1. The number of halogens is 1. The van der Waals surface area contributed by atoms with Crippen molar-refractivity contribution in [1.29, 1.82) is 0 Å². The first-order chi connectivity index (χ1) is 14.9. The molecule has 0 aliphatic carbocycles. The lowest BCUT2D eigenvalue weighted by molar-refractivity contribution is 0.0696. The minimum Gasteiger partial charge on any atom is -0.488 e. The highest BCUT2D eigenvalue weighted by molar-refractivity contribution is 6.06. The number of pyridine rings is 1. The second kappa shape index (κ2) is 8.27. The number of rotatable bonds is 6. The third kappa shape index (κ3) is 4.37. The van der Waals surface area contributed by atoms with Gasteiger partial charge in [0.2, 0.25) is 0 Å². The predicted octanol–water partition coefficient (Wildman–Crippen LogP) is 4.80. The van der Waals surface area contributed by atoms with E-state index in [1.807, 2.05) is 0 Å². The number of benzene rings is 2. The largest absolute Gasteiger partial charge is 0.488 e. The van der Waals surface area contributed by atoms with Crippen LogP contribution in [0.5, 0.6) is 5.75 Å². The number of carbonyl (C=O) groups excluding carboxylic acids is 1. The number of hydrogen-bond acceptors (Lipinski definition) is 5. The molecule has 4 rings (SSSR count). The van der Waals surface area contributed by atoms with Crippen LogP contribution >= 0.6 is 0 Å². The zero-order chi connectivity index (χ0) is 22.0. The summed E-state index contributed by atoms with van der Waals surface area (Å²) in [7, 11) is 0. The molecule has 8 heteroatoms. The molecular formula is C23H17FN2O5. The minimum absolute atomic E-state index is 0.00862. The van der Waals surface area contributed by atoms with E-state index in [-0.39, 0.29) is 29.4 Å². The Bertz CT molecular complexity index is 1280. The number of fused-ring (bicyclic) bond motifs is 1. The van der Waals surface area contributed by atoms with Crippen molar-refractivity contribution in [2.45, 2.75) is 13.5 Å². The van der Waals surface area contributed by atoms with Crippen molar-refractivity contribution in [3.05, 3.63) is 89.1 Å². The summed E-state index contributed by atoms with van der Waals surface area (Å²) >= 11 is 0. The van der Waals surface area contributed by atoms with Crippen LogP contribution in [0.15, 0.2) is 65.2 Å². The van der Waals surface area contributed by atoms with Crippen LogP contribution in [0.3, 0.4) is 0 Å². The summed E-state index contributed by atoms with van der Waals surface area (Å²) in [6, 6.07) is 13.9. The van der Waals surface area contributed by atoms with E-state index in [1.54, 1.807) is 43.3 Å². The molecule has 2 aromatic heterocycles. The van der Waals surface area contributed by atoms with Gasteiger partial charge in [0.05, 0.1) is 10.9 Å². The van der Waals surface area contributed by atoms with Gasteiger partial charge in [0.25, 0.3) is 5.91 Å². The number of aromatic nitrogens is 1. The van der Waals surface area contributed by atoms with Crippen molar-refractivity contribution in [3.63, 3.8) is 0 Å². The molecule has 0 bridgehead atoms. The number of amides is 1. The van der Waals surface area contributed by atoms with E-state index >= 15 is 0 Å². The van der Waals surface area contributed by atoms with Crippen molar-refractivity contribution in [2.75, 3.05) is 5.32 Å². The summed E-state index contributed by atoms with van der Waals surface area (Å²) in [5.41, 5.74) is 1.08. The van der Waals surface area contributed by atoms with E-state index < -0.39 is 11.9 Å². The molecule has 0 fully saturated rings. The van der Waals surface area contributed by atoms with Crippen molar-refractivity contribution in [2.24, 2.45) is 0 Å². The molecule has 0 unspecified atom stereocenters. The number of nitrogens with one attached hydrogen (secondary N) is 1. The van der Waals surface area contributed by atoms with E-state index in [9.17, 15) is 14.0 Å². The molecule has 0 radical (unpaired) electrons. The average molecular weight is 420 g/mol. The lowest BCUT2D eigenvalue weighted by atomic mass is 10.1. The maximum Gasteiger partial charge on any atom is 0.337 e. The smallest absolute Gasteiger partial charge is 0.337 e. The monoisotopic (exact) mass is 420 g/mol. The topological polar surface area (TPSA) is 102 Å². The molecule has 0 spiro atoms. The Hall–Kier alpha value is -4.20. The number of hydrogen-bond donors (Lipinski definition) is 2. The van der Waals surface area contributed by atoms with Gasteiger partial charge in [-0.1, -0.05) is 18.2 Å². The number of aromatic carboxylic acids is 1. The summed E-state index contributed by atoms with van der Waals surface area (Å²) in [5.74, 6) is -0.777. The Morgan fingerprint density at radius 3 is 2.65 bits per heavy atom. The van der Waals surface area contributed by atoms with E-state index in [0.29, 0.717) is 28.0 Å². The van der Waals surface area contributed by atoms with Gasteiger partial charge in [-0.25, -0.2) is 14.2 Å². The van der Waals surface area contributed by atoms with Crippen LogP contribution in [0.25, 0.3) is 11.0 Å². The van der Waals surface area contributed by atoms with Gasteiger partial charge < -0.3 is 19.6 Å². The van der Waals surface area contributed by atoms with Crippen LogP contribution in [0, 0.1) is 12.7 Å². The average Bonchev–Trinajstić information content (AvgIpc) is 3.13. The maximum absolute atomic E-state index is 13.9. The highest BCUT2D eigenvalue weighted by atomic mass is 19.1. The molecule has 31 heavy (non-hydrogen) atoms. The van der Waals surface area contributed by atoms with Gasteiger partial charge >= 0.3 is 5.97 Å². The lowest BCUT2D eigenvalue weighted by Crippen LogP contribution is -2.13. The molecule has 2 aromatic carbocycles. The number of anilines is 1. The second-order valence-electron chi connectivity index (χ2n) is 6.81. The summed E-state index contributed by atoms with van der Waals surface area (Å²) in [6.45, 7) is 1.75. The first kappa shape index (κ1) is 20.1. The van der Waals surface area contributed by atoms with Crippen molar-refractivity contribution in [3.8, 4) is 5.75 Å². The van der Waals surface area contributed by atoms with Crippen molar-refractivity contribution in [1.82, 2.24) is 4.98 Å². The molecule has 0 atom stereocenters. The highest BCUT2D eigenvalue weighted by Gasteiger charge is 2.16. The highest BCUT2D eigenvalue weighted by Crippen LogP contribution is 2.31. The third-order valence-electron chi connectivity index (χ3n) is 4.58. The van der Waals surface area contributed by atoms with Gasteiger partial charge in [0.1, 0.15) is 35.3 Å². The number of aryl methyl sites for hydroxylation is 1. The Labute approximate surface area is 176 Å². The molecular weight excluding hydrogens is 403 g/mol. The van der Waals surface area contributed by atoms with E-state index in [4.69, 9.17) is 14.3 Å². The zero-order valence-corrected chi connectivity index (χ0v) is 16.4. The Balaban J connectivity index is 1.61. The Morgan fingerprint density at radius 1 is 1.13 bits per heavy atom. The predicted molar refractivity (Wildman–Crippen MR) is 111 cm³/mol. The quantitative estimate of drug-likeness (QED) is 0.464. The molecule has 0 saturated carbocycles. The van der Waals surface area contributed by atoms with Crippen LogP contribution in [-0.2, 0) is 6.61 Å². The third-order valence-corrected chi connectivity index (χ3v) is 4.58. The number of furan rings is 1. The number of carboxylic acids is 1. The van der Waals surface area contributed by atoms with Crippen LogP contribution in [0.2, 0.25) is 0 Å². The molecule has 1 amide bonds. The fraction of sp³-hybridized carbons (Fsp3) is 0.0870. The molecule has 4 aromatic rings. The molecule has 0 aliphatic heterocycles. The van der Waals surface area contributed by atoms with Crippen LogP contribution < -0.4 is 10.1 Å². The first-order valence-electron chi connectivity index (χ1n) is 9.32. The van der Waals surface area contributed by atoms with Gasteiger partial charge in [-0.15, -0.1) is 0 Å². The van der Waals surface area contributed by atoms with E-state index in [2.05, 4.69) is 10.3 Å². The van der Waals surface area contributed by atoms with Gasteiger partial charge in [-0.2, -0.15) is 0 Å². The normalized spacial score (nSPS) is 10.8. The number of carboxylic acid groups (broad SMARTS) is 1. The second-order valence-corrected chi connectivity index (χ2v) is 6.81. The van der Waals surface area contributed by atoms with Gasteiger partial charge in [0.15, 0.2) is 0 Å². The first-order valence-corrected chi connectivity index (χ1v) is 9.32. The molecule has 7 nitrogen and oxygen atoms in total. The molecule has 2 N–H and O–H groups in total. The fourth-order valence-electron chi connectivity index (χ4n) is 3.04. The summed E-state index contributed by atoms with van der Waals surface area (Å²) in [4.78, 5) is 27.6. The number of ether oxygens (including phenoxy) is 1. The van der Waals surface area contributed by atoms with Gasteiger partial charge in [0, 0.05) is 17.3 Å². The Morgan fingerprint density at radius 2 is 1.94 bits per heavy atom. The summed E-state index contributed by atoms with van der Waals surface area (Å²) in [6.07, 6.45) is 1.15. The molecule has 156 valence electrons. The minimum atomic E-state index is -1.11. The van der Waals surface area contributed by atoms with E-state index in [0.717, 1.165) is 6.20 Å². The van der Waals surface area contributed by atoms with Crippen LogP contribution in [0.4, 0.5) is 10.2 Å². The number of nitrogens with zero attached hydrogens (tertiary/aromatic N) is 1. The van der Waals surface area contributed by atoms with Crippen molar-refractivity contribution < 1.29 is 28.2 Å². The summed E-state index contributed by atoms with van der Waals surface area (Å²) in [5, 5.41) is 12.2. The zero-order valence-electron chi connectivity index (χ0n) is 16.4. The van der Waals surface area contributed by atoms with Gasteiger partial charge in [-0.05, 0) is 43.3 Å². The van der Waals surface area contributed by atoms with Crippen LogP contribution in [-0.4, -0.2) is 22.0 Å². The fourth-order valence-corrected chi connectivity index (χ4v) is 3.04.